The number of phosphoric ester groups is 2. The Bertz CT molecular complexity index is 1900. The van der Waals surface area contributed by atoms with Crippen LogP contribution in [0.4, 0.5) is 0 Å². The number of aliphatic hydroxyl groups is 10. The maximum Gasteiger partial charge on any atom is 0.472 e. The molecule has 3 amide bonds. The molecule has 3 aliphatic heterocycles. The van der Waals surface area contributed by atoms with Gasteiger partial charge in [0.25, 0.3) is 0 Å². The lowest BCUT2D eigenvalue weighted by Crippen LogP contribution is -2.55. The molecule has 31 nitrogen and oxygen atoms in total. The van der Waals surface area contributed by atoms with Gasteiger partial charge in [-0.15, -0.1) is 0 Å². The number of aliphatic hydroxyl groups excluding tert-OH is 10. The Labute approximate surface area is 472 Å². The molecule has 3 saturated heterocycles. The molecule has 3 aliphatic rings. The van der Waals surface area contributed by atoms with Crippen molar-refractivity contribution in [2.45, 2.75) is 153 Å². The number of carbonyl (C=O) groups excluding carboxylic acids is 3. The Morgan fingerprint density at radius 3 is 0.975 bits per heavy atom. The molecule has 0 aromatic rings. The molecule has 12 N–H and O–H groups in total. The highest BCUT2D eigenvalue weighted by Crippen LogP contribution is 2.44. The van der Waals surface area contributed by atoms with E-state index in [1.165, 1.54) is 9.80 Å². The molecule has 476 valence electrons. The molecule has 0 aromatic heterocycles. The van der Waals surface area contributed by atoms with Crippen molar-refractivity contribution < 1.29 is 136 Å². The zero-order chi connectivity index (χ0) is 60.5. The number of hydrogen-bond donors (Lipinski definition) is 12. The number of amides is 3. The Kier molecular flexibility index (Phi) is 33.9. The molecule has 81 heavy (non-hydrogen) atoms. The van der Waals surface area contributed by atoms with Crippen LogP contribution in [0.25, 0.3) is 0 Å². The summed E-state index contributed by atoms with van der Waals surface area (Å²) in [5.74, 6) is -3.44. The number of phosphoric acid groups is 2. The quantitative estimate of drug-likeness (QED) is 0.0212. The summed E-state index contributed by atoms with van der Waals surface area (Å²) >= 11 is 0. The SMILES string of the molecule is CC(C)OCCN(CCOP(=O)(O)OCCN(CCOP(=O)(O)OCCN(CCO)C(=O)CCCOC1OC(CO)C(O)C(O)C1C)C(=O)CCCOC1OC(CO)C(O)C(O)C1C)C(=O)CCCOC1OC(CO)C(O)C(O)C1C. The zero-order valence-corrected chi connectivity index (χ0v) is 48.6. The summed E-state index contributed by atoms with van der Waals surface area (Å²) in [6.45, 7) is 2.75. The lowest BCUT2D eigenvalue weighted by molar-refractivity contribution is -0.282. The first kappa shape index (κ1) is 73.2. The van der Waals surface area contributed by atoms with Gasteiger partial charge in [0.2, 0.25) is 17.7 Å². The van der Waals surface area contributed by atoms with Crippen LogP contribution in [0, 0.1) is 17.8 Å². The minimum Gasteiger partial charge on any atom is -0.395 e. The molecule has 0 radical (unpaired) electrons. The minimum atomic E-state index is -4.86. The van der Waals surface area contributed by atoms with Crippen LogP contribution >= 0.6 is 15.6 Å². The monoisotopic (exact) mass is 1220 g/mol. The summed E-state index contributed by atoms with van der Waals surface area (Å²) in [5, 5.41) is 99.4. The van der Waals surface area contributed by atoms with Crippen LogP contribution in [0.2, 0.25) is 0 Å². The van der Waals surface area contributed by atoms with Crippen LogP contribution in [-0.4, -0.2) is 292 Å². The van der Waals surface area contributed by atoms with Crippen LogP contribution in [0.3, 0.4) is 0 Å². The highest BCUT2D eigenvalue weighted by Gasteiger charge is 2.45. The van der Waals surface area contributed by atoms with Gasteiger partial charge in [-0.3, -0.25) is 32.5 Å². The number of nitrogens with zero attached hydrogens (tertiary/aromatic N) is 3. The average molecular weight is 1220 g/mol. The summed E-state index contributed by atoms with van der Waals surface area (Å²) < 4.78 is 85.8. The second kappa shape index (κ2) is 37.5. The number of ether oxygens (including phenoxy) is 7. The van der Waals surface area contributed by atoms with Crippen LogP contribution in [0.1, 0.15) is 73.1 Å². The highest BCUT2D eigenvalue weighted by atomic mass is 31.2. The topological polar surface area (TPSA) is 439 Å². The van der Waals surface area contributed by atoms with E-state index in [1.807, 2.05) is 0 Å². The van der Waals surface area contributed by atoms with E-state index in [0.29, 0.717) is 0 Å². The van der Waals surface area contributed by atoms with Gasteiger partial charge in [-0.25, -0.2) is 9.13 Å². The molecule has 0 bridgehead atoms. The lowest BCUT2D eigenvalue weighted by atomic mass is 9.92. The van der Waals surface area contributed by atoms with Crippen LogP contribution in [0.5, 0.6) is 0 Å². The average Bonchev–Trinajstić information content (AvgIpc) is 3.43. The van der Waals surface area contributed by atoms with E-state index in [1.54, 1.807) is 34.6 Å². The molecule has 33 heteroatoms. The predicted octanol–water partition coefficient (Wildman–Crippen LogP) is -3.23. The molecule has 3 rings (SSSR count). The van der Waals surface area contributed by atoms with E-state index in [9.17, 15) is 84.4 Å². The van der Waals surface area contributed by atoms with Gasteiger partial charge in [-0.05, 0) is 33.1 Å². The number of hydrogen-bond acceptors (Lipinski definition) is 26. The van der Waals surface area contributed by atoms with E-state index in [4.69, 9.17) is 51.3 Å². The molecule has 0 aliphatic carbocycles. The van der Waals surface area contributed by atoms with Crippen LogP contribution in [0.15, 0.2) is 0 Å². The fraction of sp³-hybridized carbons (Fsp3) is 0.938. The van der Waals surface area contributed by atoms with Gasteiger partial charge in [0.15, 0.2) is 18.9 Å². The van der Waals surface area contributed by atoms with Crippen molar-refractivity contribution in [2.75, 3.05) is 119 Å². The van der Waals surface area contributed by atoms with Crippen molar-refractivity contribution in [3.8, 4) is 0 Å². The molecule has 17 atom stereocenters. The van der Waals surface area contributed by atoms with E-state index < -0.39 is 172 Å². The number of carbonyl (C=O) groups is 3. The van der Waals surface area contributed by atoms with Crippen molar-refractivity contribution in [3.63, 3.8) is 0 Å². The van der Waals surface area contributed by atoms with Gasteiger partial charge in [0.05, 0.1) is 104 Å². The fourth-order valence-corrected chi connectivity index (χ4v) is 10.1. The van der Waals surface area contributed by atoms with Crippen molar-refractivity contribution in [1.29, 1.82) is 0 Å². The maximum absolute atomic E-state index is 13.6. The first-order valence-corrected chi connectivity index (χ1v) is 30.3. The standard InChI is InChI=1S/C48H91N3O28P2/c1-30(2)69-22-13-50(38(57)10-7-20-71-47-32(4)41(60)44(63)35(28-54)78-47)15-24-74-81(67,68)76-26-17-51(39(58)11-8-21-72-48-33(5)42(61)45(64)36(29-55)79-48)16-25-75-80(65,66)73-23-14-49(12-18-52)37(56)9-6-19-70-46-31(3)40(59)43(62)34(27-53)77-46/h30-36,40-48,52-55,59-64H,6-29H2,1-5H3,(H,65,66)(H,67,68). The molecule has 0 aromatic carbocycles. The van der Waals surface area contributed by atoms with Crippen molar-refractivity contribution in [2.24, 2.45) is 17.8 Å². The first-order valence-electron chi connectivity index (χ1n) is 27.3. The molecular weight excluding hydrogens is 1130 g/mol. The first-order chi connectivity index (χ1) is 38.3. The Balaban J connectivity index is 1.55. The largest absolute Gasteiger partial charge is 0.472 e. The third kappa shape index (κ3) is 25.1. The smallest absolute Gasteiger partial charge is 0.395 e. The molecule has 0 saturated carbocycles. The summed E-state index contributed by atoms with van der Waals surface area (Å²) in [4.78, 5) is 64.6. The summed E-state index contributed by atoms with van der Waals surface area (Å²) in [6, 6.07) is 0. The van der Waals surface area contributed by atoms with Gasteiger partial charge < -0.3 is 109 Å². The Morgan fingerprint density at radius 1 is 0.444 bits per heavy atom. The zero-order valence-electron chi connectivity index (χ0n) is 46.8. The van der Waals surface area contributed by atoms with Gasteiger partial charge in [0, 0.05) is 76.3 Å². The predicted molar refractivity (Wildman–Crippen MR) is 278 cm³/mol. The van der Waals surface area contributed by atoms with Gasteiger partial charge >= 0.3 is 15.6 Å². The minimum absolute atomic E-state index is 0.0135. The van der Waals surface area contributed by atoms with Crippen molar-refractivity contribution in [1.82, 2.24) is 14.7 Å². The van der Waals surface area contributed by atoms with Crippen LogP contribution < -0.4 is 0 Å². The van der Waals surface area contributed by atoms with E-state index in [-0.39, 0.29) is 116 Å². The lowest BCUT2D eigenvalue weighted by Gasteiger charge is -2.40. The third-order valence-corrected chi connectivity index (χ3v) is 15.8. The highest BCUT2D eigenvalue weighted by molar-refractivity contribution is 7.47. The normalized spacial score (nSPS) is 30.4. The molecule has 3 heterocycles. The molecule has 17 unspecified atom stereocenters. The molecule has 3 fully saturated rings. The van der Waals surface area contributed by atoms with E-state index in [2.05, 4.69) is 0 Å². The second-order valence-corrected chi connectivity index (χ2v) is 23.1. The summed E-state index contributed by atoms with van der Waals surface area (Å²) in [5.41, 5.74) is 0. The van der Waals surface area contributed by atoms with Gasteiger partial charge in [-0.1, -0.05) is 20.8 Å². The van der Waals surface area contributed by atoms with Gasteiger partial charge in [0.1, 0.15) is 36.6 Å². The van der Waals surface area contributed by atoms with Crippen LogP contribution in [-0.2, 0) is 74.8 Å². The Morgan fingerprint density at radius 2 is 0.716 bits per heavy atom. The second-order valence-electron chi connectivity index (χ2n) is 20.2. The number of rotatable bonds is 40. The Hall–Kier alpha value is -2.05. The van der Waals surface area contributed by atoms with E-state index >= 15 is 0 Å². The molecular formula is C48H91N3O28P2. The van der Waals surface area contributed by atoms with Gasteiger partial charge in [-0.2, -0.15) is 0 Å². The molecule has 0 spiro atoms. The van der Waals surface area contributed by atoms with E-state index in [0.717, 1.165) is 4.90 Å². The summed E-state index contributed by atoms with van der Waals surface area (Å²) in [6.07, 6.45) is -14.0. The van der Waals surface area contributed by atoms with Crippen molar-refractivity contribution >= 4 is 33.4 Å². The fourth-order valence-electron chi connectivity index (χ4n) is 8.72. The third-order valence-electron chi connectivity index (χ3n) is 13.7. The summed E-state index contributed by atoms with van der Waals surface area (Å²) in [7, 11) is -9.70. The van der Waals surface area contributed by atoms with Crippen molar-refractivity contribution in [3.05, 3.63) is 0 Å². The maximum atomic E-state index is 13.6.